The molecule has 5 heterocycles. The van der Waals surface area contributed by atoms with Crippen LogP contribution in [0.3, 0.4) is 0 Å². The minimum Gasteiger partial charge on any atom is -0.346 e. The van der Waals surface area contributed by atoms with E-state index in [0.29, 0.717) is 30.9 Å². The monoisotopic (exact) mass is 371 g/mol. The van der Waals surface area contributed by atoms with Crippen LogP contribution in [-0.4, -0.2) is 54.6 Å². The van der Waals surface area contributed by atoms with Gasteiger partial charge in [-0.2, -0.15) is 0 Å². The molecular formula is C18H21N5O2S. The second-order valence-electron chi connectivity index (χ2n) is 7.28. The van der Waals surface area contributed by atoms with Gasteiger partial charge in [-0.25, -0.2) is 4.98 Å². The van der Waals surface area contributed by atoms with Gasteiger partial charge < -0.3 is 20.9 Å². The predicted molar refractivity (Wildman–Crippen MR) is 101 cm³/mol. The van der Waals surface area contributed by atoms with Crippen LogP contribution < -0.4 is 20.9 Å². The normalized spacial score (nSPS) is 28.1. The summed E-state index contributed by atoms with van der Waals surface area (Å²) in [7, 11) is 0. The number of amides is 2. The van der Waals surface area contributed by atoms with Crippen LogP contribution in [0.4, 0.5) is 5.00 Å². The number of rotatable bonds is 3. The van der Waals surface area contributed by atoms with Gasteiger partial charge in [-0.05, 0) is 36.8 Å². The topological polar surface area (TPSA) is 86.4 Å². The molecule has 0 radical (unpaired) electrons. The molecule has 26 heavy (non-hydrogen) atoms. The summed E-state index contributed by atoms with van der Waals surface area (Å²) in [6.45, 7) is 1.84. The summed E-state index contributed by atoms with van der Waals surface area (Å²) in [5.74, 6) is -0.0326. The molecule has 0 aliphatic carbocycles. The summed E-state index contributed by atoms with van der Waals surface area (Å²) in [4.78, 5) is 30.9. The maximum atomic E-state index is 12.6. The maximum Gasteiger partial charge on any atom is 0.270 e. The molecule has 3 aliphatic rings. The summed E-state index contributed by atoms with van der Waals surface area (Å²) in [6, 6.07) is 4.98. The number of aromatic nitrogens is 1. The van der Waals surface area contributed by atoms with Crippen molar-refractivity contribution in [3.63, 3.8) is 0 Å². The van der Waals surface area contributed by atoms with Crippen LogP contribution in [0.15, 0.2) is 18.3 Å². The fraction of sp³-hybridized carbons (Fsp3) is 0.500. The molecule has 0 spiro atoms. The molecule has 136 valence electrons. The minimum atomic E-state index is -0.114. The predicted octanol–water partition coefficient (Wildman–Crippen LogP) is 0.855. The second kappa shape index (κ2) is 6.29. The van der Waals surface area contributed by atoms with Gasteiger partial charge in [0.1, 0.15) is 5.69 Å². The van der Waals surface area contributed by atoms with E-state index in [1.807, 2.05) is 17.0 Å². The molecule has 3 fully saturated rings. The summed E-state index contributed by atoms with van der Waals surface area (Å²) < 4.78 is 0.990. The van der Waals surface area contributed by atoms with Crippen molar-refractivity contribution in [2.45, 2.75) is 37.4 Å². The van der Waals surface area contributed by atoms with Crippen LogP contribution in [0.2, 0.25) is 0 Å². The number of carbonyl (C=O) groups is 2. The highest BCUT2D eigenvalue weighted by Gasteiger charge is 2.39. The molecular weight excluding hydrogens is 350 g/mol. The first-order valence-corrected chi connectivity index (χ1v) is 9.96. The van der Waals surface area contributed by atoms with E-state index in [2.05, 4.69) is 20.9 Å². The van der Waals surface area contributed by atoms with Gasteiger partial charge in [-0.1, -0.05) is 0 Å². The van der Waals surface area contributed by atoms with Crippen molar-refractivity contribution in [2.75, 3.05) is 24.5 Å². The number of carbonyl (C=O) groups excluding carboxylic acids is 2. The van der Waals surface area contributed by atoms with Crippen LogP contribution in [0, 0.1) is 0 Å². The Labute approximate surface area is 155 Å². The van der Waals surface area contributed by atoms with Crippen molar-refractivity contribution in [2.24, 2.45) is 0 Å². The maximum absolute atomic E-state index is 12.6. The molecule has 3 N–H and O–H groups in total. The van der Waals surface area contributed by atoms with Crippen LogP contribution >= 0.6 is 11.3 Å². The average Bonchev–Trinajstić information content (AvgIpc) is 3.36. The van der Waals surface area contributed by atoms with Gasteiger partial charge in [0.05, 0.1) is 16.2 Å². The summed E-state index contributed by atoms with van der Waals surface area (Å²) in [5.41, 5.74) is 0.441. The number of anilines is 1. The van der Waals surface area contributed by atoms with Gasteiger partial charge in [0, 0.05) is 37.4 Å². The Hall–Kier alpha value is -2.03. The zero-order chi connectivity index (χ0) is 17.7. The molecule has 7 nitrogen and oxygen atoms in total. The van der Waals surface area contributed by atoms with Crippen molar-refractivity contribution < 1.29 is 9.59 Å². The first-order valence-electron chi connectivity index (χ1n) is 9.15. The third kappa shape index (κ3) is 2.78. The lowest BCUT2D eigenvalue weighted by Gasteiger charge is -2.25. The largest absolute Gasteiger partial charge is 0.346 e. The Kier molecular flexibility index (Phi) is 3.91. The number of thiophene rings is 1. The van der Waals surface area contributed by atoms with Crippen molar-refractivity contribution in [3.8, 4) is 0 Å². The van der Waals surface area contributed by atoms with Gasteiger partial charge in [0.2, 0.25) is 5.91 Å². The summed E-state index contributed by atoms with van der Waals surface area (Å²) in [5, 5.41) is 11.6. The van der Waals surface area contributed by atoms with Gasteiger partial charge in [-0.15, -0.1) is 11.3 Å². The molecule has 2 aromatic rings. The third-order valence-electron chi connectivity index (χ3n) is 5.60. The van der Waals surface area contributed by atoms with E-state index < -0.39 is 0 Å². The fourth-order valence-electron chi connectivity index (χ4n) is 4.25. The third-order valence-corrected chi connectivity index (χ3v) is 6.70. The number of nitrogens with zero attached hydrogens (tertiary/aromatic N) is 2. The first kappa shape index (κ1) is 16.2. The molecule has 0 aromatic carbocycles. The van der Waals surface area contributed by atoms with E-state index in [0.717, 1.165) is 34.5 Å². The molecule has 2 bridgehead atoms. The van der Waals surface area contributed by atoms with E-state index in [-0.39, 0.29) is 17.9 Å². The lowest BCUT2D eigenvalue weighted by atomic mass is 9.95. The minimum absolute atomic E-state index is 0.0810. The molecule has 0 unspecified atom stereocenters. The Morgan fingerprint density at radius 3 is 3.04 bits per heavy atom. The van der Waals surface area contributed by atoms with Crippen LogP contribution in [0.5, 0.6) is 0 Å². The van der Waals surface area contributed by atoms with Crippen LogP contribution in [-0.2, 0) is 4.79 Å². The quantitative estimate of drug-likeness (QED) is 0.745. The van der Waals surface area contributed by atoms with E-state index in [1.54, 1.807) is 17.5 Å². The van der Waals surface area contributed by atoms with Crippen molar-refractivity contribution in [3.05, 3.63) is 24.0 Å². The zero-order valence-corrected chi connectivity index (χ0v) is 15.1. The molecule has 3 saturated heterocycles. The van der Waals surface area contributed by atoms with E-state index in [1.165, 1.54) is 6.42 Å². The highest BCUT2D eigenvalue weighted by molar-refractivity contribution is 7.23. The second-order valence-corrected chi connectivity index (χ2v) is 8.34. The van der Waals surface area contributed by atoms with Gasteiger partial charge in [0.15, 0.2) is 0 Å². The smallest absolute Gasteiger partial charge is 0.270 e. The number of pyridine rings is 1. The van der Waals surface area contributed by atoms with Gasteiger partial charge in [0.25, 0.3) is 5.91 Å². The van der Waals surface area contributed by atoms with Crippen LogP contribution in [0.25, 0.3) is 10.1 Å². The van der Waals surface area contributed by atoms with E-state index in [9.17, 15) is 9.59 Å². The number of hydrogen-bond acceptors (Lipinski definition) is 6. The molecule has 2 amide bonds. The zero-order valence-electron chi connectivity index (χ0n) is 14.3. The first-order chi connectivity index (χ1) is 12.7. The highest BCUT2D eigenvalue weighted by atomic mass is 32.1. The molecule has 3 aliphatic heterocycles. The highest BCUT2D eigenvalue weighted by Crippen LogP contribution is 2.33. The van der Waals surface area contributed by atoms with Crippen LogP contribution in [0.1, 0.15) is 29.8 Å². The summed E-state index contributed by atoms with van der Waals surface area (Å²) in [6.07, 6.45) is 5.09. The number of piperazine rings is 1. The Balaban J connectivity index is 1.36. The van der Waals surface area contributed by atoms with Crippen molar-refractivity contribution >= 4 is 38.2 Å². The molecule has 8 heteroatoms. The van der Waals surface area contributed by atoms with E-state index >= 15 is 0 Å². The fourth-order valence-corrected chi connectivity index (χ4v) is 5.31. The standard InChI is InChI=1S/C18H21N5O2S/c24-16-9-19-3-4-23(16)17-6-10-5-14(20-8-15(10)26-17)18(25)22-13-7-11-1-2-12(13)21-11/h5-6,8,11-13,19,21H,1-4,7,9H2,(H,22,25)/t11-,12+,13-/m1/s1. The van der Waals surface area contributed by atoms with Gasteiger partial charge in [-0.3, -0.25) is 9.59 Å². The molecule has 2 aromatic heterocycles. The number of fused-ring (bicyclic) bond motifs is 3. The Bertz CT molecular complexity index is 882. The Morgan fingerprint density at radius 2 is 2.27 bits per heavy atom. The lowest BCUT2D eigenvalue weighted by Crippen LogP contribution is -2.47. The average molecular weight is 371 g/mol. The van der Waals surface area contributed by atoms with E-state index in [4.69, 9.17) is 0 Å². The lowest BCUT2D eigenvalue weighted by molar-refractivity contribution is -0.118. The molecule has 0 saturated carbocycles. The van der Waals surface area contributed by atoms with Crippen molar-refractivity contribution in [1.82, 2.24) is 20.9 Å². The Morgan fingerprint density at radius 1 is 1.35 bits per heavy atom. The number of nitrogens with one attached hydrogen (secondary N) is 3. The van der Waals surface area contributed by atoms with Crippen molar-refractivity contribution in [1.29, 1.82) is 0 Å². The molecule has 5 rings (SSSR count). The van der Waals surface area contributed by atoms with Gasteiger partial charge >= 0.3 is 0 Å². The summed E-state index contributed by atoms with van der Waals surface area (Å²) >= 11 is 1.54. The number of hydrogen-bond donors (Lipinski definition) is 3. The SMILES string of the molecule is O=C(N[C@@H]1C[C@H]2CC[C@@H]1N2)c1cc2cc(N3CCNCC3=O)sc2cn1. The molecule has 3 atom stereocenters.